The van der Waals surface area contributed by atoms with E-state index in [0.29, 0.717) is 35.4 Å². The Morgan fingerprint density at radius 3 is 2.55 bits per heavy atom. The second-order valence-corrected chi connectivity index (χ2v) is 5.86. The molecule has 0 saturated carbocycles. The van der Waals surface area contributed by atoms with Gasteiger partial charge < -0.3 is 24.8 Å². The van der Waals surface area contributed by atoms with Gasteiger partial charge in [0.25, 0.3) is 5.91 Å². The van der Waals surface area contributed by atoms with Gasteiger partial charge in [-0.15, -0.1) is 0 Å². The molecule has 1 amide bonds. The van der Waals surface area contributed by atoms with Crippen molar-refractivity contribution in [2.45, 2.75) is 6.92 Å². The van der Waals surface area contributed by atoms with Gasteiger partial charge in [-0.05, 0) is 31.2 Å². The fourth-order valence-corrected chi connectivity index (χ4v) is 2.64. The van der Waals surface area contributed by atoms with Crippen LogP contribution in [0.25, 0.3) is 0 Å². The highest BCUT2D eigenvalue weighted by Gasteiger charge is 2.14. The van der Waals surface area contributed by atoms with E-state index in [0.717, 1.165) is 5.69 Å². The number of anilines is 3. The van der Waals surface area contributed by atoms with Gasteiger partial charge in [0.1, 0.15) is 35.1 Å². The Kier molecular flexibility index (Phi) is 6.47. The summed E-state index contributed by atoms with van der Waals surface area (Å²) >= 11 is 0. The minimum Gasteiger partial charge on any atom is -0.497 e. The first-order valence-corrected chi connectivity index (χ1v) is 8.99. The molecule has 0 saturated heterocycles. The van der Waals surface area contributed by atoms with Crippen LogP contribution in [0.4, 0.5) is 17.2 Å². The topological polar surface area (TPSA) is 94.6 Å². The van der Waals surface area contributed by atoms with E-state index in [4.69, 9.17) is 14.2 Å². The van der Waals surface area contributed by atoms with Gasteiger partial charge in [-0.3, -0.25) is 4.79 Å². The van der Waals surface area contributed by atoms with Crippen LogP contribution in [0.5, 0.6) is 17.2 Å². The van der Waals surface area contributed by atoms with E-state index in [1.807, 2.05) is 31.2 Å². The van der Waals surface area contributed by atoms with E-state index in [9.17, 15) is 4.79 Å². The quantitative estimate of drug-likeness (QED) is 0.598. The van der Waals surface area contributed by atoms with Gasteiger partial charge in [0.2, 0.25) is 0 Å². The smallest absolute Gasteiger partial charge is 0.274 e. The molecule has 0 spiro atoms. The van der Waals surface area contributed by atoms with Crippen molar-refractivity contribution in [2.24, 2.45) is 0 Å². The molecular weight excluding hydrogens is 372 g/mol. The molecule has 0 aliphatic heterocycles. The van der Waals surface area contributed by atoms with E-state index in [1.165, 1.54) is 13.4 Å². The lowest BCUT2D eigenvalue weighted by atomic mass is 10.2. The number of aromatic nitrogens is 2. The van der Waals surface area contributed by atoms with Crippen molar-refractivity contribution in [1.29, 1.82) is 0 Å². The Labute approximate surface area is 168 Å². The first kappa shape index (κ1) is 19.9. The van der Waals surface area contributed by atoms with Gasteiger partial charge in [-0.2, -0.15) is 0 Å². The van der Waals surface area contributed by atoms with Crippen LogP contribution < -0.4 is 24.8 Å². The zero-order valence-corrected chi connectivity index (χ0v) is 16.4. The molecule has 3 aromatic rings. The summed E-state index contributed by atoms with van der Waals surface area (Å²) in [6, 6.07) is 14.2. The van der Waals surface area contributed by atoms with E-state index in [2.05, 4.69) is 20.6 Å². The highest BCUT2D eigenvalue weighted by molar-refractivity contribution is 6.04. The highest BCUT2D eigenvalue weighted by Crippen LogP contribution is 2.30. The van der Waals surface area contributed by atoms with Gasteiger partial charge >= 0.3 is 0 Å². The summed E-state index contributed by atoms with van der Waals surface area (Å²) < 4.78 is 16.1. The monoisotopic (exact) mass is 394 g/mol. The van der Waals surface area contributed by atoms with E-state index in [-0.39, 0.29) is 5.69 Å². The molecule has 3 rings (SSSR count). The number of hydrogen-bond donors (Lipinski definition) is 2. The lowest BCUT2D eigenvalue weighted by molar-refractivity contribution is 0.102. The molecule has 29 heavy (non-hydrogen) atoms. The summed E-state index contributed by atoms with van der Waals surface area (Å²) in [7, 11) is 3.08. The summed E-state index contributed by atoms with van der Waals surface area (Å²) in [6.07, 6.45) is 1.32. The van der Waals surface area contributed by atoms with Crippen LogP contribution in [0.3, 0.4) is 0 Å². The number of carbonyl (C=O) groups excluding carboxylic acids is 1. The van der Waals surface area contributed by atoms with Crippen molar-refractivity contribution in [3.05, 3.63) is 60.6 Å². The van der Waals surface area contributed by atoms with Crippen LogP contribution in [0.2, 0.25) is 0 Å². The number of nitrogens with zero attached hydrogens (tertiary/aromatic N) is 2. The van der Waals surface area contributed by atoms with Crippen molar-refractivity contribution < 1.29 is 19.0 Å². The summed E-state index contributed by atoms with van der Waals surface area (Å²) in [5, 5.41) is 5.95. The molecule has 2 N–H and O–H groups in total. The zero-order valence-electron chi connectivity index (χ0n) is 16.4. The summed E-state index contributed by atoms with van der Waals surface area (Å²) in [5.41, 5.74) is 1.42. The summed E-state index contributed by atoms with van der Waals surface area (Å²) in [4.78, 5) is 21.0. The number of hydrogen-bond acceptors (Lipinski definition) is 7. The predicted octanol–water partition coefficient (Wildman–Crippen LogP) is 3.89. The molecule has 0 atom stereocenters. The molecule has 150 valence electrons. The molecule has 0 bridgehead atoms. The summed E-state index contributed by atoms with van der Waals surface area (Å²) in [6.45, 7) is 2.45. The third-order valence-electron chi connectivity index (χ3n) is 4.00. The standard InChI is InChI=1S/C21H22N4O4/c1-4-29-19-8-6-5-7-15(19)24-20-12-17(22-13-23-20)21(26)25-16-11-14(27-2)9-10-18(16)28-3/h5-13H,4H2,1-3H3,(H,25,26)(H,22,23,24). The first-order chi connectivity index (χ1) is 14.1. The summed E-state index contributed by atoms with van der Waals surface area (Å²) in [5.74, 6) is 1.87. The van der Waals surface area contributed by atoms with Gasteiger partial charge in [0.05, 0.1) is 32.2 Å². The lowest BCUT2D eigenvalue weighted by Crippen LogP contribution is -2.15. The normalized spacial score (nSPS) is 10.2. The molecular formula is C21H22N4O4. The average molecular weight is 394 g/mol. The Morgan fingerprint density at radius 2 is 1.79 bits per heavy atom. The maximum atomic E-state index is 12.7. The molecule has 1 aromatic heterocycles. The number of ether oxygens (including phenoxy) is 3. The van der Waals surface area contributed by atoms with Crippen molar-refractivity contribution in [1.82, 2.24) is 9.97 Å². The SMILES string of the molecule is CCOc1ccccc1Nc1cc(C(=O)Nc2cc(OC)ccc2OC)ncn1. The van der Waals surface area contributed by atoms with Crippen LogP contribution in [-0.2, 0) is 0 Å². The Bertz CT molecular complexity index is 994. The fraction of sp³-hybridized carbons (Fsp3) is 0.190. The van der Waals surface area contributed by atoms with E-state index in [1.54, 1.807) is 31.4 Å². The number of rotatable bonds is 8. The second kappa shape index (κ2) is 9.41. The fourth-order valence-electron chi connectivity index (χ4n) is 2.64. The second-order valence-electron chi connectivity index (χ2n) is 5.86. The highest BCUT2D eigenvalue weighted by atomic mass is 16.5. The Hall–Kier alpha value is -3.81. The number of amides is 1. The molecule has 8 heteroatoms. The largest absolute Gasteiger partial charge is 0.497 e. The van der Waals surface area contributed by atoms with Crippen molar-refractivity contribution >= 4 is 23.1 Å². The Balaban J connectivity index is 1.80. The average Bonchev–Trinajstić information content (AvgIpc) is 2.75. The maximum absolute atomic E-state index is 12.7. The third kappa shape index (κ3) is 4.92. The van der Waals surface area contributed by atoms with Crippen LogP contribution in [0, 0.1) is 0 Å². The molecule has 0 fully saturated rings. The lowest BCUT2D eigenvalue weighted by Gasteiger charge is -2.13. The van der Waals surface area contributed by atoms with Crippen LogP contribution in [0.15, 0.2) is 54.9 Å². The molecule has 2 aromatic carbocycles. The van der Waals surface area contributed by atoms with Crippen LogP contribution in [0.1, 0.15) is 17.4 Å². The zero-order chi connectivity index (χ0) is 20.6. The van der Waals surface area contributed by atoms with Crippen LogP contribution in [-0.4, -0.2) is 36.7 Å². The third-order valence-corrected chi connectivity index (χ3v) is 4.00. The Morgan fingerprint density at radius 1 is 0.966 bits per heavy atom. The van der Waals surface area contributed by atoms with Gasteiger partial charge in [0, 0.05) is 12.1 Å². The first-order valence-electron chi connectivity index (χ1n) is 8.99. The van der Waals surface area contributed by atoms with Crippen molar-refractivity contribution in [3.63, 3.8) is 0 Å². The maximum Gasteiger partial charge on any atom is 0.274 e. The number of carbonyl (C=O) groups is 1. The molecule has 0 aliphatic rings. The number of benzene rings is 2. The van der Waals surface area contributed by atoms with E-state index < -0.39 is 5.91 Å². The number of nitrogens with one attached hydrogen (secondary N) is 2. The molecule has 0 aliphatic carbocycles. The molecule has 8 nitrogen and oxygen atoms in total. The molecule has 1 heterocycles. The van der Waals surface area contributed by atoms with Gasteiger partial charge in [-0.1, -0.05) is 12.1 Å². The number of para-hydroxylation sites is 2. The van der Waals surface area contributed by atoms with Gasteiger partial charge in [0.15, 0.2) is 0 Å². The van der Waals surface area contributed by atoms with Crippen molar-refractivity contribution in [3.8, 4) is 17.2 Å². The number of methoxy groups -OCH3 is 2. The minimum absolute atomic E-state index is 0.196. The van der Waals surface area contributed by atoms with Crippen molar-refractivity contribution in [2.75, 3.05) is 31.5 Å². The molecule has 0 unspecified atom stereocenters. The predicted molar refractivity (Wildman–Crippen MR) is 110 cm³/mol. The van der Waals surface area contributed by atoms with Gasteiger partial charge in [-0.25, -0.2) is 9.97 Å². The minimum atomic E-state index is -0.403. The van der Waals surface area contributed by atoms with E-state index >= 15 is 0 Å². The van der Waals surface area contributed by atoms with Crippen LogP contribution >= 0.6 is 0 Å². The molecule has 0 radical (unpaired) electrons.